The van der Waals surface area contributed by atoms with Gasteiger partial charge in [0.1, 0.15) is 6.10 Å². The predicted molar refractivity (Wildman–Crippen MR) is 107 cm³/mol. The molecule has 3 rings (SSSR count). The zero-order chi connectivity index (χ0) is 17.8. The molecule has 1 heterocycles. The van der Waals surface area contributed by atoms with E-state index in [4.69, 9.17) is 33.7 Å². The summed E-state index contributed by atoms with van der Waals surface area (Å²) in [4.78, 5) is 12.7. The van der Waals surface area contributed by atoms with Gasteiger partial charge in [-0.2, -0.15) is 0 Å². The third-order valence-electron chi connectivity index (χ3n) is 4.36. The standard InChI is InChI=1S/C19H20Cl2N2O2.ClH/c20-14-5-1-12(2-6-14)18(13-3-7-15(21)8-4-13)23-19(24)17-10-9-16(11-22)25-17;/h1-8,16-18H,9-11,22H2,(H,23,24);1H/t16-,17+;/m1./s1. The molecule has 0 saturated carbocycles. The SMILES string of the molecule is Cl.NC[C@H]1CC[C@@H](C(=O)NC(c2ccc(Cl)cc2)c2ccc(Cl)cc2)O1. The third kappa shape index (κ3) is 5.12. The minimum atomic E-state index is -0.462. The molecule has 1 aliphatic heterocycles. The molecule has 0 unspecified atom stereocenters. The van der Waals surface area contributed by atoms with Gasteiger partial charge < -0.3 is 15.8 Å². The number of carbonyl (C=O) groups excluding carboxylic acids is 1. The first-order valence-electron chi connectivity index (χ1n) is 8.23. The van der Waals surface area contributed by atoms with E-state index in [2.05, 4.69) is 5.32 Å². The number of nitrogens with one attached hydrogen (secondary N) is 1. The quantitative estimate of drug-likeness (QED) is 0.772. The molecule has 0 spiro atoms. The Morgan fingerprint density at radius 1 is 1.04 bits per heavy atom. The first-order chi connectivity index (χ1) is 12.1. The summed E-state index contributed by atoms with van der Waals surface area (Å²) in [6, 6.07) is 14.5. The number of hydrogen-bond acceptors (Lipinski definition) is 3. The largest absolute Gasteiger partial charge is 0.364 e. The molecule has 4 nitrogen and oxygen atoms in total. The lowest BCUT2D eigenvalue weighted by atomic mass is 9.98. The van der Waals surface area contributed by atoms with Crippen molar-refractivity contribution in [1.29, 1.82) is 0 Å². The summed E-state index contributed by atoms with van der Waals surface area (Å²) >= 11 is 12.0. The van der Waals surface area contributed by atoms with Crippen molar-refractivity contribution in [2.45, 2.75) is 31.1 Å². The monoisotopic (exact) mass is 414 g/mol. The molecule has 1 aliphatic rings. The van der Waals surface area contributed by atoms with E-state index in [0.29, 0.717) is 23.0 Å². The van der Waals surface area contributed by atoms with Crippen LogP contribution in [0.3, 0.4) is 0 Å². The van der Waals surface area contributed by atoms with Crippen LogP contribution in [0.1, 0.15) is 30.0 Å². The third-order valence-corrected chi connectivity index (χ3v) is 4.86. The van der Waals surface area contributed by atoms with Gasteiger partial charge in [-0.3, -0.25) is 4.79 Å². The van der Waals surface area contributed by atoms with Gasteiger partial charge in [-0.15, -0.1) is 12.4 Å². The lowest BCUT2D eigenvalue weighted by Crippen LogP contribution is -2.38. The van der Waals surface area contributed by atoms with E-state index in [1.165, 1.54) is 0 Å². The molecule has 0 aliphatic carbocycles. The Labute approximate surface area is 169 Å². The van der Waals surface area contributed by atoms with Crippen LogP contribution in [0, 0.1) is 0 Å². The van der Waals surface area contributed by atoms with Crippen molar-refractivity contribution >= 4 is 41.5 Å². The van der Waals surface area contributed by atoms with Crippen LogP contribution in [-0.2, 0) is 9.53 Å². The van der Waals surface area contributed by atoms with Gasteiger partial charge in [0, 0.05) is 16.6 Å². The first-order valence-corrected chi connectivity index (χ1v) is 8.99. The molecule has 1 fully saturated rings. The Kier molecular flexibility index (Phi) is 7.74. The van der Waals surface area contributed by atoms with Gasteiger partial charge in [0.25, 0.3) is 0 Å². The van der Waals surface area contributed by atoms with E-state index < -0.39 is 6.10 Å². The van der Waals surface area contributed by atoms with Crippen LogP contribution >= 0.6 is 35.6 Å². The molecule has 3 N–H and O–H groups in total. The smallest absolute Gasteiger partial charge is 0.249 e. The number of benzene rings is 2. The van der Waals surface area contributed by atoms with Gasteiger partial charge >= 0.3 is 0 Å². The number of carbonyl (C=O) groups is 1. The highest BCUT2D eigenvalue weighted by atomic mass is 35.5. The minimum absolute atomic E-state index is 0. The Bertz CT molecular complexity index is 677. The van der Waals surface area contributed by atoms with Crippen LogP contribution in [0.15, 0.2) is 48.5 Å². The van der Waals surface area contributed by atoms with E-state index in [-0.39, 0.29) is 30.5 Å². The fourth-order valence-corrected chi connectivity index (χ4v) is 3.23. The van der Waals surface area contributed by atoms with Crippen LogP contribution in [-0.4, -0.2) is 24.7 Å². The Balaban J connectivity index is 0.00000243. The number of nitrogens with two attached hydrogens (primary N) is 1. The van der Waals surface area contributed by atoms with Gasteiger partial charge in [0.05, 0.1) is 12.1 Å². The lowest BCUT2D eigenvalue weighted by molar-refractivity contribution is -0.132. The summed E-state index contributed by atoms with van der Waals surface area (Å²) in [5, 5.41) is 4.38. The molecule has 140 valence electrons. The van der Waals surface area contributed by atoms with Gasteiger partial charge in [-0.25, -0.2) is 0 Å². The van der Waals surface area contributed by atoms with Crippen LogP contribution in [0.2, 0.25) is 10.0 Å². The number of halogens is 3. The average Bonchev–Trinajstić information content (AvgIpc) is 3.11. The summed E-state index contributed by atoms with van der Waals surface area (Å²) in [7, 11) is 0. The molecule has 2 aromatic carbocycles. The molecular weight excluding hydrogens is 395 g/mol. The van der Waals surface area contributed by atoms with Gasteiger partial charge in [0.15, 0.2) is 0 Å². The molecule has 0 radical (unpaired) electrons. The maximum atomic E-state index is 12.7. The number of amides is 1. The summed E-state index contributed by atoms with van der Waals surface area (Å²) < 4.78 is 5.70. The van der Waals surface area contributed by atoms with Crippen molar-refractivity contribution in [3.05, 3.63) is 69.7 Å². The predicted octanol–water partition coefficient (Wildman–Crippen LogP) is 4.13. The summed E-state index contributed by atoms with van der Waals surface area (Å²) in [6.07, 6.45) is 0.985. The summed E-state index contributed by atoms with van der Waals surface area (Å²) in [5.41, 5.74) is 7.50. The minimum Gasteiger partial charge on any atom is -0.364 e. The fraction of sp³-hybridized carbons (Fsp3) is 0.316. The molecule has 7 heteroatoms. The van der Waals surface area contributed by atoms with E-state index >= 15 is 0 Å². The maximum Gasteiger partial charge on any atom is 0.249 e. The Hall–Kier alpha value is -1.30. The van der Waals surface area contributed by atoms with E-state index in [1.54, 1.807) is 0 Å². The normalized spacial score (nSPS) is 19.2. The molecule has 2 atom stereocenters. The average molecular weight is 416 g/mol. The molecule has 0 bridgehead atoms. The van der Waals surface area contributed by atoms with Gasteiger partial charge in [-0.05, 0) is 48.2 Å². The van der Waals surface area contributed by atoms with Crippen molar-refractivity contribution in [1.82, 2.24) is 5.32 Å². The topological polar surface area (TPSA) is 64.4 Å². The highest BCUT2D eigenvalue weighted by Crippen LogP contribution is 2.26. The van der Waals surface area contributed by atoms with Gasteiger partial charge in [-0.1, -0.05) is 47.5 Å². The molecule has 2 aromatic rings. The second-order valence-corrected chi connectivity index (χ2v) is 6.98. The molecule has 1 saturated heterocycles. The lowest BCUT2D eigenvalue weighted by Gasteiger charge is -2.22. The number of ether oxygens (including phenoxy) is 1. The van der Waals surface area contributed by atoms with Crippen molar-refractivity contribution in [3.63, 3.8) is 0 Å². The molecule has 1 amide bonds. The summed E-state index contributed by atoms with van der Waals surface area (Å²) in [5.74, 6) is -0.133. The Morgan fingerprint density at radius 2 is 1.54 bits per heavy atom. The van der Waals surface area contributed by atoms with Crippen molar-refractivity contribution < 1.29 is 9.53 Å². The van der Waals surface area contributed by atoms with E-state index in [0.717, 1.165) is 17.5 Å². The zero-order valence-electron chi connectivity index (χ0n) is 14.0. The first kappa shape index (κ1) is 21.0. The molecule has 26 heavy (non-hydrogen) atoms. The van der Waals surface area contributed by atoms with E-state index in [9.17, 15) is 4.79 Å². The fourth-order valence-electron chi connectivity index (χ4n) is 2.98. The van der Waals surface area contributed by atoms with Crippen molar-refractivity contribution in [2.75, 3.05) is 6.54 Å². The van der Waals surface area contributed by atoms with Gasteiger partial charge in [0.2, 0.25) is 5.91 Å². The van der Waals surface area contributed by atoms with Crippen LogP contribution in [0.4, 0.5) is 0 Å². The maximum absolute atomic E-state index is 12.7. The number of rotatable bonds is 5. The zero-order valence-corrected chi connectivity index (χ0v) is 16.4. The second kappa shape index (κ2) is 9.58. The van der Waals surface area contributed by atoms with Crippen LogP contribution < -0.4 is 11.1 Å². The number of hydrogen-bond donors (Lipinski definition) is 2. The van der Waals surface area contributed by atoms with E-state index in [1.807, 2.05) is 48.5 Å². The summed E-state index contributed by atoms with van der Waals surface area (Å²) in [6.45, 7) is 0.432. The van der Waals surface area contributed by atoms with Crippen molar-refractivity contribution in [2.24, 2.45) is 5.73 Å². The molecule has 0 aromatic heterocycles. The van der Waals surface area contributed by atoms with Crippen LogP contribution in [0.25, 0.3) is 0 Å². The molecular formula is C19H21Cl3N2O2. The van der Waals surface area contributed by atoms with Crippen LogP contribution in [0.5, 0.6) is 0 Å². The second-order valence-electron chi connectivity index (χ2n) is 6.10. The van der Waals surface area contributed by atoms with Crippen molar-refractivity contribution in [3.8, 4) is 0 Å². The highest BCUT2D eigenvalue weighted by Gasteiger charge is 2.31. The highest BCUT2D eigenvalue weighted by molar-refractivity contribution is 6.30. The Morgan fingerprint density at radius 3 is 1.96 bits per heavy atom.